The molecule has 36 heavy (non-hydrogen) atoms. The smallest absolute Gasteiger partial charge is 0.255 e. The summed E-state index contributed by atoms with van der Waals surface area (Å²) in [6.07, 6.45) is 10.2. The summed E-state index contributed by atoms with van der Waals surface area (Å²) in [4.78, 5) is 40.7. The van der Waals surface area contributed by atoms with Gasteiger partial charge >= 0.3 is 0 Å². The number of rotatable bonds is 4. The molecule has 0 saturated carbocycles. The molecule has 0 radical (unpaired) electrons. The van der Waals surface area contributed by atoms with Crippen LogP contribution >= 0.6 is 11.3 Å². The lowest BCUT2D eigenvalue weighted by atomic mass is 9.95. The summed E-state index contributed by atoms with van der Waals surface area (Å²) in [5, 5.41) is 8.60. The van der Waals surface area contributed by atoms with Gasteiger partial charge in [-0.2, -0.15) is 5.10 Å². The molecule has 1 aliphatic carbocycles. The molecule has 0 unspecified atom stereocenters. The van der Waals surface area contributed by atoms with Gasteiger partial charge in [0, 0.05) is 55.9 Å². The fourth-order valence-corrected chi connectivity index (χ4v) is 6.21. The van der Waals surface area contributed by atoms with Gasteiger partial charge in [0.15, 0.2) is 5.13 Å². The predicted octanol–water partition coefficient (Wildman–Crippen LogP) is 4.00. The zero-order valence-corrected chi connectivity index (χ0v) is 20.7. The van der Waals surface area contributed by atoms with Crippen molar-refractivity contribution in [1.82, 2.24) is 29.6 Å². The molecule has 2 amide bonds. The Kier molecular flexibility index (Phi) is 5.80. The molecule has 0 aromatic carbocycles. The molecule has 0 bridgehead atoms. The van der Waals surface area contributed by atoms with E-state index in [-0.39, 0.29) is 17.9 Å². The average Bonchev–Trinajstić information content (AvgIpc) is 3.50. The summed E-state index contributed by atoms with van der Waals surface area (Å²) >= 11 is 1.50. The molecule has 182 valence electrons. The van der Waals surface area contributed by atoms with E-state index in [1.807, 2.05) is 29.3 Å². The number of pyridine rings is 2. The van der Waals surface area contributed by atoms with E-state index in [4.69, 9.17) is 10.1 Å². The topological polar surface area (TPSA) is 106 Å². The molecule has 10 heteroatoms. The van der Waals surface area contributed by atoms with Crippen LogP contribution in [-0.2, 0) is 17.6 Å². The summed E-state index contributed by atoms with van der Waals surface area (Å²) in [6.45, 7) is 2.81. The zero-order valence-electron chi connectivity index (χ0n) is 19.8. The molecular weight excluding hydrogens is 474 g/mol. The molecule has 4 aromatic rings. The summed E-state index contributed by atoms with van der Waals surface area (Å²) in [7, 11) is 0. The SMILES string of the molecule is CC(=O)Nc1nc2c(s1)-c1c(c(-c3cccnc3)nn1C1CCN(C(=O)c3cccnc3)CC1)CC2. The van der Waals surface area contributed by atoms with Crippen molar-refractivity contribution in [2.75, 3.05) is 18.4 Å². The number of aryl methyl sites for hydroxylation is 1. The number of piperidine rings is 1. The third-order valence-corrected chi connectivity index (χ3v) is 7.78. The number of nitrogens with one attached hydrogen (secondary N) is 1. The van der Waals surface area contributed by atoms with E-state index in [1.165, 1.54) is 23.8 Å². The molecule has 1 saturated heterocycles. The van der Waals surface area contributed by atoms with Crippen molar-refractivity contribution in [2.24, 2.45) is 0 Å². The molecule has 1 fully saturated rings. The molecule has 0 atom stereocenters. The minimum Gasteiger partial charge on any atom is -0.338 e. The summed E-state index contributed by atoms with van der Waals surface area (Å²) in [5.74, 6) is -0.110. The molecular formula is C26H25N7O2S. The van der Waals surface area contributed by atoms with Gasteiger partial charge in [-0.3, -0.25) is 24.2 Å². The van der Waals surface area contributed by atoms with Gasteiger partial charge in [-0.25, -0.2) is 4.98 Å². The predicted molar refractivity (Wildman–Crippen MR) is 137 cm³/mol. The fourth-order valence-electron chi connectivity index (χ4n) is 5.08. The van der Waals surface area contributed by atoms with Crippen LogP contribution < -0.4 is 5.32 Å². The highest BCUT2D eigenvalue weighted by Gasteiger charge is 2.33. The first-order valence-electron chi connectivity index (χ1n) is 12.1. The number of likely N-dealkylation sites (tertiary alicyclic amines) is 1. The minimum atomic E-state index is -0.128. The van der Waals surface area contributed by atoms with E-state index in [0.29, 0.717) is 23.8 Å². The third kappa shape index (κ3) is 4.07. The van der Waals surface area contributed by atoms with Crippen LogP contribution in [0, 0.1) is 0 Å². The summed E-state index contributed by atoms with van der Waals surface area (Å²) in [5.41, 5.74) is 5.84. The second-order valence-electron chi connectivity index (χ2n) is 9.10. The first-order valence-corrected chi connectivity index (χ1v) is 12.9. The van der Waals surface area contributed by atoms with Crippen LogP contribution in [0.3, 0.4) is 0 Å². The minimum absolute atomic E-state index is 0.0183. The molecule has 1 aliphatic heterocycles. The monoisotopic (exact) mass is 499 g/mol. The standard InChI is InChI=1S/C26H25N7O2S/c1-16(34)29-26-30-21-7-6-20-22(17-4-2-10-27-14-17)31-33(23(20)24(21)36-26)19-8-12-32(13-9-19)25(35)18-5-3-11-28-15-18/h2-5,10-11,14-15,19H,6-9,12-13H2,1H3,(H,29,30,34). The number of amides is 2. The van der Waals surface area contributed by atoms with E-state index in [2.05, 4.69) is 20.0 Å². The van der Waals surface area contributed by atoms with Crippen molar-refractivity contribution in [3.8, 4) is 21.8 Å². The number of thiazole rings is 1. The largest absolute Gasteiger partial charge is 0.338 e. The molecule has 2 aliphatic rings. The highest BCUT2D eigenvalue weighted by Crippen LogP contribution is 2.45. The Balaban J connectivity index is 1.35. The molecule has 1 N–H and O–H groups in total. The van der Waals surface area contributed by atoms with Crippen molar-refractivity contribution in [3.05, 3.63) is 65.9 Å². The van der Waals surface area contributed by atoms with Gasteiger partial charge in [0.2, 0.25) is 5.91 Å². The summed E-state index contributed by atoms with van der Waals surface area (Å²) < 4.78 is 2.15. The highest BCUT2D eigenvalue weighted by atomic mass is 32.1. The van der Waals surface area contributed by atoms with Crippen molar-refractivity contribution < 1.29 is 9.59 Å². The second-order valence-corrected chi connectivity index (χ2v) is 10.1. The lowest BCUT2D eigenvalue weighted by molar-refractivity contribution is -0.114. The number of aromatic nitrogens is 5. The number of carbonyl (C=O) groups is 2. The van der Waals surface area contributed by atoms with Crippen LogP contribution in [-0.4, -0.2) is 54.5 Å². The van der Waals surface area contributed by atoms with Crippen molar-refractivity contribution in [1.29, 1.82) is 0 Å². The number of hydrogen-bond acceptors (Lipinski definition) is 7. The van der Waals surface area contributed by atoms with Crippen molar-refractivity contribution >= 4 is 28.3 Å². The first-order chi connectivity index (χ1) is 17.6. The lowest BCUT2D eigenvalue weighted by Crippen LogP contribution is -2.39. The van der Waals surface area contributed by atoms with E-state index in [1.54, 1.807) is 24.7 Å². The van der Waals surface area contributed by atoms with Gasteiger partial charge in [0.25, 0.3) is 5.91 Å². The lowest BCUT2D eigenvalue weighted by Gasteiger charge is -2.33. The Bertz CT molecular complexity index is 1420. The zero-order chi connectivity index (χ0) is 24.6. The maximum Gasteiger partial charge on any atom is 0.255 e. The Hall–Kier alpha value is -3.92. The Morgan fingerprint density at radius 1 is 1.06 bits per heavy atom. The van der Waals surface area contributed by atoms with E-state index in [9.17, 15) is 9.59 Å². The van der Waals surface area contributed by atoms with E-state index >= 15 is 0 Å². The molecule has 6 rings (SSSR count). The quantitative estimate of drug-likeness (QED) is 0.455. The number of carbonyl (C=O) groups excluding carboxylic acids is 2. The molecule has 5 heterocycles. The van der Waals surface area contributed by atoms with Crippen molar-refractivity contribution in [2.45, 2.75) is 38.6 Å². The number of fused-ring (bicyclic) bond motifs is 3. The second kappa shape index (κ2) is 9.27. The van der Waals surface area contributed by atoms with E-state index < -0.39 is 0 Å². The van der Waals surface area contributed by atoms with Crippen LogP contribution in [0.25, 0.3) is 21.8 Å². The summed E-state index contributed by atoms with van der Waals surface area (Å²) in [6, 6.07) is 7.72. The third-order valence-electron chi connectivity index (χ3n) is 6.76. The Morgan fingerprint density at radius 2 is 1.83 bits per heavy atom. The van der Waals surface area contributed by atoms with Crippen LogP contribution in [0.15, 0.2) is 49.1 Å². The van der Waals surface area contributed by atoms with Crippen molar-refractivity contribution in [3.63, 3.8) is 0 Å². The Labute approximate surface area is 212 Å². The normalized spacial score (nSPS) is 15.3. The maximum atomic E-state index is 12.9. The van der Waals surface area contributed by atoms with Gasteiger partial charge in [-0.1, -0.05) is 11.3 Å². The fraction of sp³-hybridized carbons (Fsp3) is 0.308. The van der Waals surface area contributed by atoms with Crippen LogP contribution in [0.4, 0.5) is 5.13 Å². The molecule has 0 spiro atoms. The van der Waals surface area contributed by atoms with Crippen LogP contribution in [0.2, 0.25) is 0 Å². The number of hydrogen-bond donors (Lipinski definition) is 1. The van der Waals surface area contributed by atoms with Crippen LogP contribution in [0.1, 0.15) is 47.4 Å². The van der Waals surface area contributed by atoms with Gasteiger partial charge in [-0.15, -0.1) is 0 Å². The van der Waals surface area contributed by atoms with Gasteiger partial charge in [-0.05, 0) is 49.9 Å². The number of nitrogens with zero attached hydrogens (tertiary/aromatic N) is 6. The highest BCUT2D eigenvalue weighted by molar-refractivity contribution is 7.19. The average molecular weight is 500 g/mol. The van der Waals surface area contributed by atoms with Gasteiger partial charge < -0.3 is 10.2 Å². The number of anilines is 1. The first kappa shape index (κ1) is 22.5. The molecule has 4 aromatic heterocycles. The van der Waals surface area contributed by atoms with E-state index in [0.717, 1.165) is 53.2 Å². The Morgan fingerprint density at radius 3 is 2.53 bits per heavy atom. The van der Waals surface area contributed by atoms with Gasteiger partial charge in [0.05, 0.1) is 33.6 Å². The van der Waals surface area contributed by atoms with Crippen LogP contribution in [0.5, 0.6) is 0 Å². The molecule has 9 nitrogen and oxygen atoms in total. The van der Waals surface area contributed by atoms with Gasteiger partial charge in [0.1, 0.15) is 0 Å². The maximum absolute atomic E-state index is 12.9.